The molecule has 0 bridgehead atoms. The third-order valence-corrected chi connectivity index (χ3v) is 5.11. The molecule has 0 radical (unpaired) electrons. The maximum Gasteiger partial charge on any atom is 0.433 e. The van der Waals surface area contributed by atoms with Crippen LogP contribution in [0.15, 0.2) is 43.4 Å². The van der Waals surface area contributed by atoms with Crippen LogP contribution in [0.1, 0.15) is 44.9 Å². The number of ether oxygens (including phenoxy) is 1. The molecule has 0 atom stereocenters. The molecule has 0 aromatic carbocycles. The highest BCUT2D eigenvalue weighted by molar-refractivity contribution is 5.73. The molecule has 0 saturated carbocycles. The van der Waals surface area contributed by atoms with Gasteiger partial charge in [-0.25, -0.2) is 9.78 Å². The van der Waals surface area contributed by atoms with Gasteiger partial charge in [0.25, 0.3) is 0 Å². The molecule has 1 fully saturated rings. The molecule has 1 aliphatic heterocycles. The van der Waals surface area contributed by atoms with E-state index >= 15 is 0 Å². The van der Waals surface area contributed by atoms with E-state index in [1.807, 2.05) is 25.7 Å². The fourth-order valence-electron chi connectivity index (χ4n) is 3.65. The van der Waals surface area contributed by atoms with Gasteiger partial charge < -0.3 is 14.5 Å². The number of piperidine rings is 1. The van der Waals surface area contributed by atoms with Crippen molar-refractivity contribution in [1.82, 2.24) is 14.9 Å². The van der Waals surface area contributed by atoms with Gasteiger partial charge in [-0.15, -0.1) is 0 Å². The number of halogens is 3. The molecule has 32 heavy (non-hydrogen) atoms. The average Bonchev–Trinajstić information content (AvgIpc) is 2.73. The Kier molecular flexibility index (Phi) is 6.76. The molecule has 9 heteroatoms. The molecule has 0 N–H and O–H groups in total. The molecule has 1 aliphatic rings. The molecule has 3 rings (SSSR count). The van der Waals surface area contributed by atoms with Crippen molar-refractivity contribution in [3.63, 3.8) is 0 Å². The molecule has 0 unspecified atom stereocenters. The Labute approximate surface area is 185 Å². The highest BCUT2D eigenvalue weighted by atomic mass is 19.4. The Hall–Kier alpha value is -3.10. The summed E-state index contributed by atoms with van der Waals surface area (Å²) in [6, 6.07) is 4.11. The van der Waals surface area contributed by atoms with E-state index in [4.69, 9.17) is 4.74 Å². The highest BCUT2D eigenvalue weighted by Crippen LogP contribution is 2.36. The van der Waals surface area contributed by atoms with Gasteiger partial charge in [0.15, 0.2) is 0 Å². The van der Waals surface area contributed by atoms with E-state index in [1.54, 1.807) is 29.4 Å². The molecule has 1 amide bonds. The number of hydrogen-bond acceptors (Lipinski definition) is 5. The quantitative estimate of drug-likeness (QED) is 0.603. The minimum absolute atomic E-state index is 0.0740. The minimum Gasteiger partial charge on any atom is -0.444 e. The monoisotopic (exact) mass is 448 g/mol. The molecule has 1 saturated heterocycles. The molecule has 0 aliphatic carbocycles. The normalized spacial score (nSPS) is 15.4. The summed E-state index contributed by atoms with van der Waals surface area (Å²) in [6.07, 6.45) is 2.52. The first-order valence-corrected chi connectivity index (χ1v) is 10.4. The smallest absolute Gasteiger partial charge is 0.433 e. The first kappa shape index (κ1) is 23.6. The van der Waals surface area contributed by atoms with Crippen molar-refractivity contribution in [2.75, 3.05) is 18.0 Å². The molecule has 172 valence electrons. The van der Waals surface area contributed by atoms with Gasteiger partial charge in [0.1, 0.15) is 11.3 Å². The number of pyridine rings is 2. The number of amides is 1. The van der Waals surface area contributed by atoms with Gasteiger partial charge in [0.05, 0.1) is 23.8 Å². The van der Waals surface area contributed by atoms with Crippen LogP contribution in [0.2, 0.25) is 0 Å². The van der Waals surface area contributed by atoms with Crippen LogP contribution in [0.4, 0.5) is 29.3 Å². The zero-order valence-corrected chi connectivity index (χ0v) is 18.4. The third-order valence-electron chi connectivity index (χ3n) is 5.11. The number of likely N-dealkylation sites (tertiary alicyclic amines) is 1. The van der Waals surface area contributed by atoms with Gasteiger partial charge >= 0.3 is 12.3 Å². The number of carbonyl (C=O) groups excluding carboxylic acids is 1. The standard InChI is InChI=1S/C23H27F3N4O2/c1-5-16-8-11-27-15-19(16)30(18-6-7-20(28-14-18)23(24,25)26)17-9-12-29(13-10-17)21(31)32-22(2,3)4/h5-8,11,14-15,17H,1,9-10,12-13H2,2-4H3. The third kappa shape index (κ3) is 5.57. The van der Waals surface area contributed by atoms with E-state index < -0.39 is 17.5 Å². The van der Waals surface area contributed by atoms with Crippen LogP contribution in [0.3, 0.4) is 0 Å². The lowest BCUT2D eigenvalue weighted by atomic mass is 10.0. The van der Waals surface area contributed by atoms with Gasteiger partial charge in [0, 0.05) is 30.9 Å². The number of nitrogens with zero attached hydrogens (tertiary/aromatic N) is 4. The lowest BCUT2D eigenvalue weighted by Crippen LogP contribution is -2.47. The topological polar surface area (TPSA) is 58.6 Å². The number of rotatable bonds is 4. The molecule has 2 aromatic heterocycles. The molecule has 6 nitrogen and oxygen atoms in total. The highest BCUT2D eigenvalue weighted by Gasteiger charge is 2.34. The van der Waals surface area contributed by atoms with Crippen LogP contribution in [0.25, 0.3) is 6.08 Å². The van der Waals surface area contributed by atoms with Crippen LogP contribution in [-0.4, -0.2) is 45.7 Å². The lowest BCUT2D eigenvalue weighted by Gasteiger charge is -2.40. The second-order valence-electron chi connectivity index (χ2n) is 8.61. The fourth-order valence-corrected chi connectivity index (χ4v) is 3.65. The number of hydrogen-bond donors (Lipinski definition) is 0. The lowest BCUT2D eigenvalue weighted by molar-refractivity contribution is -0.141. The predicted octanol–water partition coefficient (Wildman–Crippen LogP) is 5.68. The van der Waals surface area contributed by atoms with Crippen LogP contribution in [-0.2, 0) is 10.9 Å². The Morgan fingerprint density at radius 2 is 1.88 bits per heavy atom. The van der Waals surface area contributed by atoms with Crippen LogP contribution in [0, 0.1) is 0 Å². The van der Waals surface area contributed by atoms with Gasteiger partial charge in [-0.2, -0.15) is 13.2 Å². The van der Waals surface area contributed by atoms with Crippen LogP contribution in [0.5, 0.6) is 0 Å². The minimum atomic E-state index is -4.51. The fraction of sp³-hybridized carbons (Fsp3) is 0.435. The van der Waals surface area contributed by atoms with E-state index in [-0.39, 0.29) is 12.1 Å². The summed E-state index contributed by atoms with van der Waals surface area (Å²) in [5.74, 6) is 0. The van der Waals surface area contributed by atoms with Crippen LogP contribution < -0.4 is 4.90 Å². The number of aromatic nitrogens is 2. The zero-order valence-electron chi connectivity index (χ0n) is 18.4. The Morgan fingerprint density at radius 1 is 1.19 bits per heavy atom. The summed E-state index contributed by atoms with van der Waals surface area (Å²) in [4.78, 5) is 23.8. The van der Waals surface area contributed by atoms with Crippen molar-refractivity contribution in [1.29, 1.82) is 0 Å². The van der Waals surface area contributed by atoms with E-state index in [1.165, 1.54) is 12.3 Å². The molecule has 0 spiro atoms. The van der Waals surface area contributed by atoms with Gasteiger partial charge in [-0.3, -0.25) is 4.98 Å². The number of alkyl halides is 3. The van der Waals surface area contributed by atoms with Crippen molar-refractivity contribution >= 4 is 23.5 Å². The van der Waals surface area contributed by atoms with Gasteiger partial charge in [-0.05, 0) is 51.8 Å². The summed E-state index contributed by atoms with van der Waals surface area (Å²) in [5, 5.41) is 0. The first-order valence-electron chi connectivity index (χ1n) is 10.4. The Bertz CT molecular complexity index is 947. The molecule has 3 heterocycles. The first-order chi connectivity index (χ1) is 15.0. The van der Waals surface area contributed by atoms with E-state index in [9.17, 15) is 18.0 Å². The second-order valence-corrected chi connectivity index (χ2v) is 8.61. The maximum absolute atomic E-state index is 13.0. The van der Waals surface area contributed by atoms with E-state index in [0.29, 0.717) is 31.6 Å². The van der Waals surface area contributed by atoms with E-state index in [2.05, 4.69) is 16.5 Å². The summed E-state index contributed by atoms with van der Waals surface area (Å²) >= 11 is 0. The largest absolute Gasteiger partial charge is 0.444 e. The summed E-state index contributed by atoms with van der Waals surface area (Å²) in [6.45, 7) is 10.2. The van der Waals surface area contributed by atoms with Gasteiger partial charge in [0.2, 0.25) is 0 Å². The van der Waals surface area contributed by atoms with Crippen molar-refractivity contribution in [3.8, 4) is 0 Å². The van der Waals surface area contributed by atoms with Crippen molar-refractivity contribution < 1.29 is 22.7 Å². The summed E-state index contributed by atoms with van der Waals surface area (Å²) in [5.41, 5.74) is 0.510. The Balaban J connectivity index is 1.88. The average molecular weight is 448 g/mol. The number of anilines is 2. The maximum atomic E-state index is 13.0. The van der Waals surface area contributed by atoms with Crippen LogP contribution >= 0.6 is 0 Å². The van der Waals surface area contributed by atoms with Gasteiger partial charge in [-0.1, -0.05) is 12.7 Å². The van der Waals surface area contributed by atoms with Crippen molar-refractivity contribution in [2.45, 2.75) is 51.4 Å². The summed E-state index contributed by atoms with van der Waals surface area (Å²) < 4.78 is 44.5. The molecular formula is C23H27F3N4O2. The molecule has 2 aromatic rings. The zero-order chi connectivity index (χ0) is 23.5. The van der Waals surface area contributed by atoms with Crippen molar-refractivity contribution in [3.05, 3.63) is 54.6 Å². The van der Waals surface area contributed by atoms with E-state index in [0.717, 1.165) is 17.3 Å². The SMILES string of the molecule is C=Cc1ccncc1N(c1ccc(C(F)(F)F)nc1)C1CCN(C(=O)OC(C)(C)C)CC1. The molecular weight excluding hydrogens is 421 g/mol. The second kappa shape index (κ2) is 9.18. The Morgan fingerprint density at radius 3 is 2.41 bits per heavy atom. The predicted molar refractivity (Wildman–Crippen MR) is 117 cm³/mol. The summed E-state index contributed by atoms with van der Waals surface area (Å²) in [7, 11) is 0. The van der Waals surface area contributed by atoms with Crippen molar-refractivity contribution in [2.24, 2.45) is 0 Å². The number of carbonyl (C=O) groups is 1.